The van der Waals surface area contributed by atoms with Crippen LogP contribution in [-0.2, 0) is 6.42 Å². The smallest absolute Gasteiger partial charge is 0.255 e. The second-order valence-corrected chi connectivity index (χ2v) is 6.27. The highest BCUT2D eigenvalue weighted by atomic mass is 79.9. The van der Waals surface area contributed by atoms with E-state index in [1.54, 1.807) is 6.07 Å². The molecule has 0 fully saturated rings. The third kappa shape index (κ3) is 4.88. The Morgan fingerprint density at radius 2 is 1.91 bits per heavy atom. The minimum atomic E-state index is -0.119. The summed E-state index contributed by atoms with van der Waals surface area (Å²) in [6, 6.07) is 15.7. The van der Waals surface area contributed by atoms with Gasteiger partial charge in [-0.05, 0) is 37.6 Å². The Labute approximate surface area is 139 Å². The van der Waals surface area contributed by atoms with Gasteiger partial charge >= 0.3 is 0 Å². The number of nitrogens with one attached hydrogen (secondary N) is 1. The number of rotatable bonds is 6. The van der Waals surface area contributed by atoms with Crippen molar-refractivity contribution < 1.29 is 9.53 Å². The fourth-order valence-corrected chi connectivity index (χ4v) is 2.43. The largest absolute Gasteiger partial charge is 0.492 e. The summed E-state index contributed by atoms with van der Waals surface area (Å²) in [4.78, 5) is 12.2. The lowest BCUT2D eigenvalue weighted by atomic mass is 10.1. The van der Waals surface area contributed by atoms with Gasteiger partial charge < -0.3 is 10.1 Å². The molecule has 2 aromatic carbocycles. The standard InChI is InChI=1S/C18H20BrNO2/c1-13(2)20-18(21)16-12-15(19)8-9-17(16)22-11-10-14-6-4-3-5-7-14/h3-9,12-13H,10-11H2,1-2H3,(H,20,21). The molecule has 0 aliphatic heterocycles. The van der Waals surface area contributed by atoms with E-state index in [-0.39, 0.29) is 11.9 Å². The first-order chi connectivity index (χ1) is 10.6. The lowest BCUT2D eigenvalue weighted by molar-refractivity contribution is 0.0939. The minimum absolute atomic E-state index is 0.0867. The number of ether oxygens (including phenoxy) is 1. The third-order valence-corrected chi connectivity index (χ3v) is 3.59. The summed E-state index contributed by atoms with van der Waals surface area (Å²) in [6.45, 7) is 4.41. The molecule has 116 valence electrons. The highest BCUT2D eigenvalue weighted by Gasteiger charge is 2.14. The van der Waals surface area contributed by atoms with Crippen LogP contribution in [0.25, 0.3) is 0 Å². The van der Waals surface area contributed by atoms with Gasteiger partial charge in [0, 0.05) is 16.9 Å². The number of carbonyl (C=O) groups is 1. The number of halogens is 1. The molecule has 2 rings (SSSR count). The lowest BCUT2D eigenvalue weighted by Crippen LogP contribution is -2.30. The second kappa shape index (κ2) is 7.99. The normalized spacial score (nSPS) is 10.5. The van der Waals surface area contributed by atoms with Crippen molar-refractivity contribution >= 4 is 21.8 Å². The van der Waals surface area contributed by atoms with Gasteiger partial charge in [0.05, 0.1) is 12.2 Å². The maximum atomic E-state index is 12.2. The minimum Gasteiger partial charge on any atom is -0.492 e. The number of carbonyl (C=O) groups excluding carboxylic acids is 1. The van der Waals surface area contributed by atoms with Crippen LogP contribution in [0.4, 0.5) is 0 Å². The van der Waals surface area contributed by atoms with Crippen molar-refractivity contribution in [2.24, 2.45) is 0 Å². The average molecular weight is 362 g/mol. The molecule has 0 aliphatic carbocycles. The Morgan fingerprint density at radius 1 is 1.18 bits per heavy atom. The van der Waals surface area contributed by atoms with E-state index < -0.39 is 0 Å². The van der Waals surface area contributed by atoms with E-state index in [1.165, 1.54) is 5.56 Å². The van der Waals surface area contributed by atoms with Crippen LogP contribution in [-0.4, -0.2) is 18.6 Å². The van der Waals surface area contributed by atoms with Crippen molar-refractivity contribution in [3.05, 3.63) is 64.1 Å². The van der Waals surface area contributed by atoms with E-state index in [0.717, 1.165) is 10.9 Å². The molecular weight excluding hydrogens is 342 g/mol. The van der Waals surface area contributed by atoms with Crippen LogP contribution in [0.15, 0.2) is 53.0 Å². The molecule has 4 heteroatoms. The van der Waals surface area contributed by atoms with Crippen molar-refractivity contribution in [3.63, 3.8) is 0 Å². The maximum Gasteiger partial charge on any atom is 0.255 e. The van der Waals surface area contributed by atoms with E-state index in [9.17, 15) is 4.79 Å². The van der Waals surface area contributed by atoms with Crippen LogP contribution in [0.3, 0.4) is 0 Å². The van der Waals surface area contributed by atoms with Crippen molar-refractivity contribution in [2.75, 3.05) is 6.61 Å². The summed E-state index contributed by atoms with van der Waals surface area (Å²) >= 11 is 3.40. The van der Waals surface area contributed by atoms with Gasteiger partial charge in [0.25, 0.3) is 5.91 Å². The highest BCUT2D eigenvalue weighted by Crippen LogP contribution is 2.23. The molecule has 0 saturated carbocycles. The van der Waals surface area contributed by atoms with E-state index in [1.807, 2.05) is 44.2 Å². The number of hydrogen-bond donors (Lipinski definition) is 1. The second-order valence-electron chi connectivity index (χ2n) is 5.35. The summed E-state index contributed by atoms with van der Waals surface area (Å²) < 4.78 is 6.68. The van der Waals surface area contributed by atoms with Gasteiger partial charge in [0.15, 0.2) is 0 Å². The molecule has 0 heterocycles. The molecule has 0 radical (unpaired) electrons. The highest BCUT2D eigenvalue weighted by molar-refractivity contribution is 9.10. The van der Waals surface area contributed by atoms with Gasteiger partial charge in [-0.2, -0.15) is 0 Å². The predicted octanol–water partition coefficient (Wildman–Crippen LogP) is 4.21. The van der Waals surface area contributed by atoms with Crippen LogP contribution in [0, 0.1) is 0 Å². The van der Waals surface area contributed by atoms with E-state index >= 15 is 0 Å². The first kappa shape index (κ1) is 16.6. The van der Waals surface area contributed by atoms with Gasteiger partial charge in [-0.3, -0.25) is 4.79 Å². The van der Waals surface area contributed by atoms with Gasteiger partial charge in [-0.15, -0.1) is 0 Å². The van der Waals surface area contributed by atoms with Gasteiger partial charge in [0.1, 0.15) is 5.75 Å². The van der Waals surface area contributed by atoms with Crippen LogP contribution >= 0.6 is 15.9 Å². The SMILES string of the molecule is CC(C)NC(=O)c1cc(Br)ccc1OCCc1ccccc1. The van der Waals surface area contributed by atoms with Crippen LogP contribution in [0.5, 0.6) is 5.75 Å². The Balaban J connectivity index is 2.05. The Bertz CT molecular complexity index is 626. The van der Waals surface area contributed by atoms with Crippen molar-refractivity contribution in [2.45, 2.75) is 26.3 Å². The summed E-state index contributed by atoms with van der Waals surface area (Å²) in [7, 11) is 0. The van der Waals surface area contributed by atoms with Crippen molar-refractivity contribution in [1.29, 1.82) is 0 Å². The lowest BCUT2D eigenvalue weighted by Gasteiger charge is -2.14. The number of benzene rings is 2. The van der Waals surface area contributed by atoms with E-state index in [0.29, 0.717) is 17.9 Å². The summed E-state index contributed by atoms with van der Waals surface area (Å²) in [5.41, 5.74) is 1.77. The summed E-state index contributed by atoms with van der Waals surface area (Å²) in [5, 5.41) is 2.89. The molecule has 3 nitrogen and oxygen atoms in total. The Morgan fingerprint density at radius 3 is 2.59 bits per heavy atom. The van der Waals surface area contributed by atoms with Crippen LogP contribution in [0.2, 0.25) is 0 Å². The number of hydrogen-bond acceptors (Lipinski definition) is 2. The Hall–Kier alpha value is -1.81. The summed E-state index contributed by atoms with van der Waals surface area (Å²) in [6.07, 6.45) is 0.808. The van der Waals surface area contributed by atoms with Crippen molar-refractivity contribution in [1.82, 2.24) is 5.32 Å². The molecule has 0 bridgehead atoms. The summed E-state index contributed by atoms with van der Waals surface area (Å²) in [5.74, 6) is 0.489. The topological polar surface area (TPSA) is 38.3 Å². The molecule has 2 aromatic rings. The predicted molar refractivity (Wildman–Crippen MR) is 92.4 cm³/mol. The Kier molecular flexibility index (Phi) is 6.01. The molecule has 22 heavy (non-hydrogen) atoms. The van der Waals surface area contributed by atoms with Gasteiger partial charge in [-0.25, -0.2) is 0 Å². The monoisotopic (exact) mass is 361 g/mol. The maximum absolute atomic E-state index is 12.2. The molecule has 0 atom stereocenters. The molecule has 1 N–H and O–H groups in total. The van der Waals surface area contributed by atoms with E-state index in [2.05, 4.69) is 33.4 Å². The zero-order chi connectivity index (χ0) is 15.9. The fraction of sp³-hybridized carbons (Fsp3) is 0.278. The fourth-order valence-electron chi connectivity index (χ4n) is 2.07. The molecule has 1 amide bonds. The molecule has 0 saturated heterocycles. The molecule has 0 unspecified atom stereocenters. The molecule has 0 aliphatic rings. The van der Waals surface area contributed by atoms with Crippen molar-refractivity contribution in [3.8, 4) is 5.75 Å². The first-order valence-electron chi connectivity index (χ1n) is 7.33. The van der Waals surface area contributed by atoms with Crippen LogP contribution in [0.1, 0.15) is 29.8 Å². The zero-order valence-corrected chi connectivity index (χ0v) is 14.4. The van der Waals surface area contributed by atoms with E-state index in [4.69, 9.17) is 4.74 Å². The van der Waals surface area contributed by atoms with Crippen LogP contribution < -0.4 is 10.1 Å². The quantitative estimate of drug-likeness (QED) is 0.836. The zero-order valence-electron chi connectivity index (χ0n) is 12.8. The third-order valence-electron chi connectivity index (χ3n) is 3.10. The van der Waals surface area contributed by atoms with Gasteiger partial charge in [-0.1, -0.05) is 46.3 Å². The molecule has 0 aromatic heterocycles. The molecule has 0 spiro atoms. The molecular formula is C18H20BrNO2. The average Bonchev–Trinajstić information content (AvgIpc) is 2.49. The first-order valence-corrected chi connectivity index (χ1v) is 8.12. The number of amides is 1. The van der Waals surface area contributed by atoms with Gasteiger partial charge in [0.2, 0.25) is 0 Å².